The number of likely N-dealkylation sites (N-methyl/N-ethyl adjacent to an activating group) is 1. The maximum absolute atomic E-state index is 12.1. The summed E-state index contributed by atoms with van der Waals surface area (Å²) in [5.74, 6) is 0.204. The molecule has 1 atom stereocenters. The topological polar surface area (TPSA) is 58.6 Å². The summed E-state index contributed by atoms with van der Waals surface area (Å²) in [5, 5.41) is 3.23. The fourth-order valence-corrected chi connectivity index (χ4v) is 3.37. The predicted molar refractivity (Wildman–Crippen MR) is 77.8 cm³/mol. The number of sulfonamides is 1. The van der Waals surface area contributed by atoms with Crippen molar-refractivity contribution in [3.8, 4) is 0 Å². The van der Waals surface area contributed by atoms with E-state index in [2.05, 4.69) is 19.2 Å². The van der Waals surface area contributed by atoms with Crippen molar-refractivity contribution in [1.29, 1.82) is 0 Å². The highest BCUT2D eigenvalue weighted by atomic mass is 32.2. The van der Waals surface area contributed by atoms with Crippen LogP contribution in [0.15, 0.2) is 0 Å². The Morgan fingerprint density at radius 1 is 1.37 bits per heavy atom. The Hall–Kier alpha value is -0.170. The first-order chi connectivity index (χ1) is 8.92. The average molecular weight is 292 g/mol. The van der Waals surface area contributed by atoms with E-state index in [9.17, 15) is 8.42 Å². The molecule has 114 valence electrons. The van der Waals surface area contributed by atoms with Gasteiger partial charge in [-0.05, 0) is 32.2 Å². The van der Waals surface area contributed by atoms with Gasteiger partial charge in [0.1, 0.15) is 0 Å². The Balaban J connectivity index is 2.29. The molecule has 0 aromatic carbocycles. The van der Waals surface area contributed by atoms with Crippen molar-refractivity contribution in [2.75, 3.05) is 32.5 Å². The number of hydrogen-bond donors (Lipinski definition) is 1. The van der Waals surface area contributed by atoms with E-state index in [1.807, 2.05) is 0 Å². The standard InChI is InChI=1S/C13H28N2O3S/c1-12(2)14-8-6-10-19(16,17)15(3)11-13-7-4-5-9-18-13/h12-14H,4-11H2,1-3H3. The zero-order chi connectivity index (χ0) is 14.3. The summed E-state index contributed by atoms with van der Waals surface area (Å²) in [6.45, 7) is 6.10. The van der Waals surface area contributed by atoms with Gasteiger partial charge in [-0.15, -0.1) is 0 Å². The number of hydrogen-bond acceptors (Lipinski definition) is 4. The van der Waals surface area contributed by atoms with E-state index in [1.165, 1.54) is 4.31 Å². The van der Waals surface area contributed by atoms with Gasteiger partial charge in [-0.25, -0.2) is 12.7 Å². The molecule has 6 heteroatoms. The molecule has 0 saturated carbocycles. The molecule has 0 radical (unpaired) electrons. The third-order valence-electron chi connectivity index (χ3n) is 3.34. The molecule has 1 N–H and O–H groups in total. The predicted octanol–water partition coefficient (Wildman–Crippen LogP) is 1.21. The van der Waals surface area contributed by atoms with Gasteiger partial charge in [0.05, 0.1) is 11.9 Å². The van der Waals surface area contributed by atoms with E-state index in [0.29, 0.717) is 19.0 Å². The van der Waals surface area contributed by atoms with Crippen LogP contribution in [0, 0.1) is 0 Å². The van der Waals surface area contributed by atoms with Crippen LogP contribution in [0.3, 0.4) is 0 Å². The molecular formula is C13H28N2O3S. The minimum atomic E-state index is -3.14. The van der Waals surface area contributed by atoms with Crippen LogP contribution in [0.25, 0.3) is 0 Å². The van der Waals surface area contributed by atoms with Crippen molar-refractivity contribution in [2.45, 2.75) is 51.7 Å². The number of nitrogens with one attached hydrogen (secondary N) is 1. The molecule has 0 spiro atoms. The summed E-state index contributed by atoms with van der Waals surface area (Å²) >= 11 is 0. The molecule has 5 nitrogen and oxygen atoms in total. The lowest BCUT2D eigenvalue weighted by molar-refractivity contribution is 0.00859. The Labute approximate surface area is 117 Å². The van der Waals surface area contributed by atoms with Gasteiger partial charge in [0, 0.05) is 26.2 Å². The maximum atomic E-state index is 12.1. The lowest BCUT2D eigenvalue weighted by atomic mass is 10.1. The van der Waals surface area contributed by atoms with Crippen LogP contribution in [0.1, 0.15) is 39.5 Å². The van der Waals surface area contributed by atoms with Crippen LogP contribution in [-0.4, -0.2) is 57.4 Å². The normalized spacial score (nSPS) is 21.2. The van der Waals surface area contributed by atoms with Crippen molar-refractivity contribution >= 4 is 10.0 Å². The van der Waals surface area contributed by atoms with Crippen molar-refractivity contribution < 1.29 is 13.2 Å². The summed E-state index contributed by atoms with van der Waals surface area (Å²) in [7, 11) is -1.49. The Kier molecular flexibility index (Phi) is 7.28. The summed E-state index contributed by atoms with van der Waals surface area (Å²) in [5.41, 5.74) is 0. The largest absolute Gasteiger partial charge is 0.377 e. The third kappa shape index (κ3) is 6.70. The van der Waals surface area contributed by atoms with Gasteiger partial charge >= 0.3 is 0 Å². The highest BCUT2D eigenvalue weighted by Crippen LogP contribution is 2.14. The molecule has 1 rings (SSSR count). The van der Waals surface area contributed by atoms with Crippen LogP contribution >= 0.6 is 0 Å². The van der Waals surface area contributed by atoms with Crippen molar-refractivity contribution in [2.24, 2.45) is 0 Å². The fraction of sp³-hybridized carbons (Fsp3) is 1.00. The molecule has 1 aliphatic heterocycles. The second kappa shape index (κ2) is 8.19. The van der Waals surface area contributed by atoms with Crippen molar-refractivity contribution in [1.82, 2.24) is 9.62 Å². The van der Waals surface area contributed by atoms with E-state index >= 15 is 0 Å². The van der Waals surface area contributed by atoms with E-state index < -0.39 is 10.0 Å². The highest BCUT2D eigenvalue weighted by molar-refractivity contribution is 7.89. The smallest absolute Gasteiger partial charge is 0.213 e. The zero-order valence-electron chi connectivity index (χ0n) is 12.4. The van der Waals surface area contributed by atoms with E-state index in [-0.39, 0.29) is 11.9 Å². The lowest BCUT2D eigenvalue weighted by Crippen LogP contribution is -2.38. The quantitative estimate of drug-likeness (QED) is 0.683. The van der Waals surface area contributed by atoms with E-state index in [0.717, 1.165) is 32.4 Å². The van der Waals surface area contributed by atoms with Crippen LogP contribution < -0.4 is 5.32 Å². The van der Waals surface area contributed by atoms with E-state index in [4.69, 9.17) is 4.74 Å². The van der Waals surface area contributed by atoms with Gasteiger partial charge in [0.2, 0.25) is 10.0 Å². The first-order valence-electron chi connectivity index (χ1n) is 7.21. The zero-order valence-corrected chi connectivity index (χ0v) is 13.2. The molecule has 1 saturated heterocycles. The van der Waals surface area contributed by atoms with Gasteiger partial charge in [0.25, 0.3) is 0 Å². The lowest BCUT2D eigenvalue weighted by Gasteiger charge is -2.27. The van der Waals surface area contributed by atoms with Gasteiger partial charge < -0.3 is 10.1 Å². The molecule has 1 heterocycles. The molecule has 1 unspecified atom stereocenters. The van der Waals surface area contributed by atoms with E-state index in [1.54, 1.807) is 7.05 Å². The molecule has 1 fully saturated rings. The first kappa shape index (κ1) is 16.9. The molecule has 19 heavy (non-hydrogen) atoms. The summed E-state index contributed by atoms with van der Waals surface area (Å²) in [4.78, 5) is 0. The van der Waals surface area contributed by atoms with Crippen LogP contribution in [0.5, 0.6) is 0 Å². The monoisotopic (exact) mass is 292 g/mol. The third-order valence-corrected chi connectivity index (χ3v) is 5.24. The molecular weight excluding hydrogens is 264 g/mol. The summed E-state index contributed by atoms with van der Waals surface area (Å²) < 4.78 is 31.2. The molecule has 0 aromatic rings. The number of rotatable bonds is 8. The molecule has 0 amide bonds. The highest BCUT2D eigenvalue weighted by Gasteiger charge is 2.23. The minimum Gasteiger partial charge on any atom is -0.377 e. The molecule has 0 aliphatic carbocycles. The van der Waals surface area contributed by atoms with Gasteiger partial charge in [-0.1, -0.05) is 13.8 Å². The Bertz CT molecular complexity index is 338. The minimum absolute atomic E-state index is 0.0716. The van der Waals surface area contributed by atoms with Crippen LogP contribution in [-0.2, 0) is 14.8 Å². The first-order valence-corrected chi connectivity index (χ1v) is 8.81. The second-order valence-corrected chi connectivity index (χ2v) is 7.74. The molecule has 1 aliphatic rings. The average Bonchev–Trinajstić information content (AvgIpc) is 2.35. The second-order valence-electron chi connectivity index (χ2n) is 5.55. The molecule has 0 aromatic heterocycles. The fourth-order valence-electron chi connectivity index (χ4n) is 2.15. The van der Waals surface area contributed by atoms with Crippen LogP contribution in [0.2, 0.25) is 0 Å². The Morgan fingerprint density at radius 3 is 2.68 bits per heavy atom. The van der Waals surface area contributed by atoms with Crippen LogP contribution in [0.4, 0.5) is 0 Å². The summed E-state index contributed by atoms with van der Waals surface area (Å²) in [6, 6.07) is 0.399. The maximum Gasteiger partial charge on any atom is 0.213 e. The summed E-state index contributed by atoms with van der Waals surface area (Å²) in [6.07, 6.45) is 3.91. The SMILES string of the molecule is CC(C)NCCCS(=O)(=O)N(C)CC1CCCCO1. The van der Waals surface area contributed by atoms with Gasteiger partial charge in [-0.3, -0.25) is 0 Å². The number of nitrogens with zero attached hydrogens (tertiary/aromatic N) is 1. The van der Waals surface area contributed by atoms with Gasteiger partial charge in [-0.2, -0.15) is 0 Å². The van der Waals surface area contributed by atoms with Gasteiger partial charge in [0.15, 0.2) is 0 Å². The van der Waals surface area contributed by atoms with Crippen molar-refractivity contribution in [3.63, 3.8) is 0 Å². The molecule has 0 bridgehead atoms. The van der Waals surface area contributed by atoms with Crippen molar-refractivity contribution in [3.05, 3.63) is 0 Å². The number of ether oxygens (including phenoxy) is 1. The Morgan fingerprint density at radius 2 is 2.11 bits per heavy atom.